The van der Waals surface area contributed by atoms with Crippen molar-refractivity contribution in [2.45, 2.75) is 63.8 Å². The van der Waals surface area contributed by atoms with Gasteiger partial charge in [-0.25, -0.2) is 0 Å². The van der Waals surface area contributed by atoms with Crippen molar-refractivity contribution in [3.8, 4) is 5.75 Å². The molecular formula is C16H24O3. The van der Waals surface area contributed by atoms with Gasteiger partial charge in [0.05, 0.1) is 12.2 Å². The first-order valence-electron chi connectivity index (χ1n) is 7.33. The quantitative estimate of drug-likeness (QED) is 0.821. The number of aliphatic hydroxyl groups is 2. The van der Waals surface area contributed by atoms with E-state index in [2.05, 4.69) is 0 Å². The Bertz CT molecular complexity index is 374. The Balaban J connectivity index is 1.98. The van der Waals surface area contributed by atoms with Crippen molar-refractivity contribution >= 4 is 0 Å². The van der Waals surface area contributed by atoms with Gasteiger partial charge in [0.1, 0.15) is 11.9 Å². The van der Waals surface area contributed by atoms with Gasteiger partial charge in [-0.15, -0.1) is 0 Å². The molecule has 2 N–H and O–H groups in total. The molecule has 3 unspecified atom stereocenters. The highest BCUT2D eigenvalue weighted by molar-refractivity contribution is 5.28. The molecule has 3 heteroatoms. The van der Waals surface area contributed by atoms with Gasteiger partial charge in [0.2, 0.25) is 0 Å². The normalized spacial score (nSPS) is 25.6. The van der Waals surface area contributed by atoms with Crippen LogP contribution >= 0.6 is 0 Å². The Morgan fingerprint density at radius 2 is 1.84 bits per heavy atom. The Hall–Kier alpha value is -1.06. The van der Waals surface area contributed by atoms with Crippen LogP contribution in [-0.2, 0) is 0 Å². The molecule has 2 rings (SSSR count). The van der Waals surface area contributed by atoms with Crippen molar-refractivity contribution in [2.24, 2.45) is 0 Å². The summed E-state index contributed by atoms with van der Waals surface area (Å²) < 4.78 is 5.88. The number of hydrogen-bond donors (Lipinski definition) is 2. The van der Waals surface area contributed by atoms with E-state index in [9.17, 15) is 10.2 Å². The molecule has 0 aliphatic heterocycles. The van der Waals surface area contributed by atoms with E-state index in [1.165, 1.54) is 6.42 Å². The largest absolute Gasteiger partial charge is 0.488 e. The van der Waals surface area contributed by atoms with Crippen molar-refractivity contribution in [1.29, 1.82) is 0 Å². The van der Waals surface area contributed by atoms with Crippen LogP contribution in [0.1, 0.15) is 57.1 Å². The maximum absolute atomic E-state index is 10.0. The molecule has 3 atom stereocenters. The molecule has 1 saturated carbocycles. The molecule has 0 amide bonds. The summed E-state index contributed by atoms with van der Waals surface area (Å²) in [4.78, 5) is 0. The lowest BCUT2D eigenvalue weighted by Gasteiger charge is -2.22. The Labute approximate surface area is 115 Å². The Kier molecular flexibility index (Phi) is 5.23. The first kappa shape index (κ1) is 14.4. The van der Waals surface area contributed by atoms with Crippen molar-refractivity contribution in [3.05, 3.63) is 29.8 Å². The maximum Gasteiger partial charge on any atom is 0.124 e. The number of hydrogen-bond acceptors (Lipinski definition) is 3. The summed E-state index contributed by atoms with van der Waals surface area (Å²) in [5, 5.41) is 19.8. The molecule has 1 aromatic rings. The summed E-state index contributed by atoms with van der Waals surface area (Å²) in [5.74, 6) is 0.776. The van der Waals surface area contributed by atoms with Crippen LogP contribution in [0.15, 0.2) is 24.3 Å². The predicted molar refractivity (Wildman–Crippen MR) is 75.2 cm³/mol. The molecule has 1 fully saturated rings. The second-order valence-electron chi connectivity index (χ2n) is 5.35. The van der Waals surface area contributed by atoms with Crippen LogP contribution in [0.3, 0.4) is 0 Å². The lowest BCUT2D eigenvalue weighted by molar-refractivity contribution is 0.0319. The van der Waals surface area contributed by atoms with Gasteiger partial charge in [-0.1, -0.05) is 31.9 Å². The summed E-state index contributed by atoms with van der Waals surface area (Å²) in [6.07, 6.45) is 4.99. The van der Waals surface area contributed by atoms with Gasteiger partial charge in [-0.3, -0.25) is 0 Å². The molecule has 0 spiro atoms. The third-order valence-corrected chi connectivity index (χ3v) is 3.86. The number of rotatable bonds is 4. The van der Waals surface area contributed by atoms with Crippen LogP contribution in [0.2, 0.25) is 0 Å². The minimum Gasteiger partial charge on any atom is -0.488 e. The van der Waals surface area contributed by atoms with Crippen LogP contribution < -0.4 is 4.74 Å². The van der Waals surface area contributed by atoms with Gasteiger partial charge in [0, 0.05) is 0 Å². The number of ether oxygens (including phenoxy) is 1. The average molecular weight is 264 g/mol. The predicted octanol–water partition coefficient (Wildman–Crippen LogP) is 3.20. The highest BCUT2D eigenvalue weighted by Gasteiger charge is 2.23. The standard InChI is InChI=1S/C16H24O3/c1-2-14(17)12-8-10-13(11-9-12)19-16-7-5-3-4-6-15(16)18/h8-11,14-18H,2-7H2,1H3. The van der Waals surface area contributed by atoms with Crippen molar-refractivity contribution in [3.63, 3.8) is 0 Å². The first-order chi connectivity index (χ1) is 9.20. The van der Waals surface area contributed by atoms with Crippen LogP contribution in [0, 0.1) is 0 Å². The van der Waals surface area contributed by atoms with E-state index in [4.69, 9.17) is 4.74 Å². The SMILES string of the molecule is CCC(O)c1ccc(OC2CCCCCC2O)cc1. The second-order valence-corrected chi connectivity index (χ2v) is 5.35. The summed E-state index contributed by atoms with van der Waals surface area (Å²) in [6, 6.07) is 7.55. The molecule has 0 radical (unpaired) electrons. The summed E-state index contributed by atoms with van der Waals surface area (Å²) in [6.45, 7) is 1.96. The third kappa shape index (κ3) is 3.95. The molecule has 1 aromatic carbocycles. The fraction of sp³-hybridized carbons (Fsp3) is 0.625. The van der Waals surface area contributed by atoms with E-state index in [-0.39, 0.29) is 12.2 Å². The van der Waals surface area contributed by atoms with E-state index < -0.39 is 6.10 Å². The van der Waals surface area contributed by atoms with E-state index >= 15 is 0 Å². The van der Waals surface area contributed by atoms with Crippen molar-refractivity contribution in [1.82, 2.24) is 0 Å². The van der Waals surface area contributed by atoms with Crippen LogP contribution in [-0.4, -0.2) is 22.4 Å². The highest BCUT2D eigenvalue weighted by Crippen LogP contribution is 2.25. The zero-order valence-corrected chi connectivity index (χ0v) is 11.6. The lowest BCUT2D eigenvalue weighted by Crippen LogP contribution is -2.30. The topological polar surface area (TPSA) is 49.7 Å². The molecule has 1 aliphatic carbocycles. The maximum atomic E-state index is 10.0. The summed E-state index contributed by atoms with van der Waals surface area (Å²) >= 11 is 0. The molecule has 0 saturated heterocycles. The van der Waals surface area contributed by atoms with E-state index in [1.807, 2.05) is 31.2 Å². The van der Waals surface area contributed by atoms with Gasteiger partial charge >= 0.3 is 0 Å². The molecule has 0 bridgehead atoms. The smallest absolute Gasteiger partial charge is 0.124 e. The molecule has 106 valence electrons. The monoisotopic (exact) mass is 264 g/mol. The number of benzene rings is 1. The van der Waals surface area contributed by atoms with Crippen molar-refractivity contribution < 1.29 is 14.9 Å². The highest BCUT2D eigenvalue weighted by atomic mass is 16.5. The summed E-state index contributed by atoms with van der Waals surface area (Å²) in [5.41, 5.74) is 0.913. The van der Waals surface area contributed by atoms with E-state index in [1.54, 1.807) is 0 Å². The van der Waals surface area contributed by atoms with Crippen LogP contribution in [0.25, 0.3) is 0 Å². The molecule has 1 aliphatic rings. The minimum atomic E-state index is -0.405. The number of aliphatic hydroxyl groups excluding tert-OH is 2. The summed E-state index contributed by atoms with van der Waals surface area (Å²) in [7, 11) is 0. The molecule has 0 heterocycles. The fourth-order valence-electron chi connectivity index (χ4n) is 2.57. The third-order valence-electron chi connectivity index (χ3n) is 3.86. The van der Waals surface area contributed by atoms with Gasteiger partial charge in [0.25, 0.3) is 0 Å². The van der Waals surface area contributed by atoms with Gasteiger partial charge in [-0.05, 0) is 43.4 Å². The van der Waals surface area contributed by atoms with E-state index in [0.717, 1.165) is 37.0 Å². The Morgan fingerprint density at radius 3 is 2.53 bits per heavy atom. The second kappa shape index (κ2) is 6.92. The molecule has 0 aromatic heterocycles. The minimum absolute atomic E-state index is 0.0931. The Morgan fingerprint density at radius 1 is 1.16 bits per heavy atom. The molecular weight excluding hydrogens is 240 g/mol. The van der Waals surface area contributed by atoms with Gasteiger partial charge in [-0.2, -0.15) is 0 Å². The molecule has 19 heavy (non-hydrogen) atoms. The van der Waals surface area contributed by atoms with Crippen LogP contribution in [0.4, 0.5) is 0 Å². The van der Waals surface area contributed by atoms with E-state index in [0.29, 0.717) is 6.42 Å². The first-order valence-corrected chi connectivity index (χ1v) is 7.33. The zero-order valence-electron chi connectivity index (χ0n) is 11.6. The van der Waals surface area contributed by atoms with Crippen LogP contribution in [0.5, 0.6) is 5.75 Å². The van der Waals surface area contributed by atoms with Crippen molar-refractivity contribution in [2.75, 3.05) is 0 Å². The lowest BCUT2D eigenvalue weighted by atomic mass is 10.1. The zero-order chi connectivity index (χ0) is 13.7. The average Bonchev–Trinajstić information content (AvgIpc) is 2.64. The fourth-order valence-corrected chi connectivity index (χ4v) is 2.57. The molecule has 3 nitrogen and oxygen atoms in total. The van der Waals surface area contributed by atoms with Gasteiger partial charge in [0.15, 0.2) is 0 Å². The van der Waals surface area contributed by atoms with Gasteiger partial charge < -0.3 is 14.9 Å².